The van der Waals surface area contributed by atoms with Gasteiger partial charge in [0.05, 0.1) is 33.4 Å². The molecule has 0 saturated carbocycles. The van der Waals surface area contributed by atoms with Crippen molar-refractivity contribution in [2.45, 2.75) is 32.1 Å². The van der Waals surface area contributed by atoms with Crippen LogP contribution >= 0.6 is 11.3 Å². The first kappa shape index (κ1) is 20.9. The van der Waals surface area contributed by atoms with E-state index in [4.69, 9.17) is 9.72 Å². The smallest absolute Gasteiger partial charge is 0.228 e. The molecule has 0 radical (unpaired) electrons. The summed E-state index contributed by atoms with van der Waals surface area (Å²) in [7, 11) is 0. The fraction of sp³-hybridized carbons (Fsp3) is 0.400. The van der Waals surface area contributed by atoms with E-state index in [1.807, 2.05) is 48.2 Å². The third-order valence-electron chi connectivity index (χ3n) is 6.40. The van der Waals surface area contributed by atoms with Crippen molar-refractivity contribution in [1.29, 1.82) is 0 Å². The summed E-state index contributed by atoms with van der Waals surface area (Å²) < 4.78 is 6.91. The van der Waals surface area contributed by atoms with E-state index < -0.39 is 0 Å². The topological polar surface area (TPSA) is 62.7 Å². The Morgan fingerprint density at radius 3 is 2.66 bits per heavy atom. The fourth-order valence-corrected chi connectivity index (χ4v) is 5.87. The monoisotopic (exact) mass is 449 g/mol. The number of hydrogen-bond acceptors (Lipinski definition) is 5. The molecule has 3 heterocycles. The van der Waals surface area contributed by atoms with Crippen LogP contribution in [0.25, 0.3) is 10.2 Å². The second-order valence-electron chi connectivity index (χ2n) is 8.43. The number of benzene rings is 2. The number of anilines is 1. The maximum Gasteiger partial charge on any atom is 0.228 e. The van der Waals surface area contributed by atoms with Crippen molar-refractivity contribution in [3.63, 3.8) is 0 Å². The number of likely N-dealkylation sites (tertiary alicyclic amines) is 1. The lowest BCUT2D eigenvalue weighted by atomic mass is 9.96. The highest BCUT2D eigenvalue weighted by atomic mass is 32.1. The van der Waals surface area contributed by atoms with Gasteiger partial charge in [0.25, 0.3) is 0 Å². The molecule has 2 aliphatic heterocycles. The summed E-state index contributed by atoms with van der Waals surface area (Å²) in [5.41, 5.74) is 1.81. The fourth-order valence-electron chi connectivity index (χ4n) is 4.73. The predicted octanol–water partition coefficient (Wildman–Crippen LogP) is 4.45. The highest BCUT2D eigenvalue weighted by molar-refractivity contribution is 7.18. The molecule has 0 unspecified atom stereocenters. The quantitative estimate of drug-likeness (QED) is 0.577. The number of carbonyl (C=O) groups is 2. The summed E-state index contributed by atoms with van der Waals surface area (Å²) in [4.78, 5) is 34.4. The average Bonchev–Trinajstić information content (AvgIpc) is 3.43. The normalized spacial score (nSPS) is 19.7. The number of ether oxygens (including phenoxy) is 1. The van der Waals surface area contributed by atoms with Crippen molar-refractivity contribution in [2.75, 3.05) is 31.1 Å². The zero-order valence-corrected chi connectivity index (χ0v) is 19.0. The Kier molecular flexibility index (Phi) is 5.83. The molecule has 0 bridgehead atoms. The largest absolute Gasteiger partial charge is 0.492 e. The minimum absolute atomic E-state index is 0.0140. The van der Waals surface area contributed by atoms with Gasteiger partial charge >= 0.3 is 0 Å². The molecule has 0 aliphatic carbocycles. The number of nitrogens with zero attached hydrogens (tertiary/aromatic N) is 3. The number of fused-ring (bicyclic) bond motifs is 1. The maximum absolute atomic E-state index is 13.2. The summed E-state index contributed by atoms with van der Waals surface area (Å²) >= 11 is 1.76. The van der Waals surface area contributed by atoms with Crippen LogP contribution in [0.2, 0.25) is 0 Å². The first-order chi connectivity index (χ1) is 15.6. The molecule has 32 heavy (non-hydrogen) atoms. The van der Waals surface area contributed by atoms with Gasteiger partial charge in [0.1, 0.15) is 5.75 Å². The van der Waals surface area contributed by atoms with Crippen LogP contribution < -0.4 is 9.64 Å². The molecule has 2 saturated heterocycles. The summed E-state index contributed by atoms with van der Waals surface area (Å²) in [5.74, 6) is 0.873. The van der Waals surface area contributed by atoms with Crippen LogP contribution in [0.3, 0.4) is 0 Å². The van der Waals surface area contributed by atoms with E-state index in [-0.39, 0.29) is 24.2 Å². The van der Waals surface area contributed by atoms with Gasteiger partial charge in [0.15, 0.2) is 0 Å². The first-order valence-electron chi connectivity index (χ1n) is 11.3. The molecule has 3 aromatic rings. The maximum atomic E-state index is 13.2. The number of thiazole rings is 1. The van der Waals surface area contributed by atoms with Crippen molar-refractivity contribution in [3.05, 3.63) is 53.5 Å². The van der Waals surface area contributed by atoms with Crippen LogP contribution in [-0.4, -0.2) is 47.9 Å². The van der Waals surface area contributed by atoms with Gasteiger partial charge in [-0.1, -0.05) is 24.3 Å². The molecule has 2 fully saturated rings. The number of aromatic nitrogens is 1. The van der Waals surface area contributed by atoms with E-state index >= 15 is 0 Å². The first-order valence-corrected chi connectivity index (χ1v) is 12.1. The molecule has 2 amide bonds. The standard InChI is InChI=1S/C25H27N3O3S/c1-2-31-21-9-5-4-8-20(21)28-16-18(15-23(28)29)25(30)27-13-11-17(12-14-27)24-26-19-7-3-6-10-22(19)32-24/h3-10,17-18H,2,11-16H2,1H3/t18-/m1/s1. The Bertz CT molecular complexity index is 1100. The zero-order chi connectivity index (χ0) is 22.1. The number of hydrogen-bond donors (Lipinski definition) is 0. The van der Waals surface area contributed by atoms with E-state index in [0.29, 0.717) is 24.8 Å². The molecule has 0 spiro atoms. The molecular formula is C25H27N3O3S. The lowest BCUT2D eigenvalue weighted by molar-refractivity contribution is -0.136. The van der Waals surface area contributed by atoms with E-state index in [1.165, 1.54) is 9.71 Å². The Labute approximate surface area is 191 Å². The van der Waals surface area contributed by atoms with Crippen LogP contribution in [0.4, 0.5) is 5.69 Å². The van der Waals surface area contributed by atoms with Gasteiger partial charge in [0, 0.05) is 32.0 Å². The Morgan fingerprint density at radius 2 is 1.88 bits per heavy atom. The number of amides is 2. The van der Waals surface area contributed by atoms with Gasteiger partial charge in [-0.05, 0) is 44.0 Å². The molecule has 5 rings (SSSR count). The Balaban J connectivity index is 1.22. The number of para-hydroxylation sites is 3. The third-order valence-corrected chi connectivity index (χ3v) is 7.60. The van der Waals surface area contributed by atoms with E-state index in [0.717, 1.165) is 37.1 Å². The van der Waals surface area contributed by atoms with Crippen LogP contribution in [-0.2, 0) is 9.59 Å². The minimum atomic E-state index is -0.295. The van der Waals surface area contributed by atoms with Crippen LogP contribution in [0.1, 0.15) is 37.1 Å². The highest BCUT2D eigenvalue weighted by Crippen LogP contribution is 2.36. The molecule has 6 nitrogen and oxygen atoms in total. The lowest BCUT2D eigenvalue weighted by Crippen LogP contribution is -2.42. The minimum Gasteiger partial charge on any atom is -0.492 e. The summed E-state index contributed by atoms with van der Waals surface area (Å²) in [6.07, 6.45) is 2.10. The summed E-state index contributed by atoms with van der Waals surface area (Å²) in [6.45, 7) is 4.32. The van der Waals surface area contributed by atoms with E-state index in [9.17, 15) is 9.59 Å². The highest BCUT2D eigenvalue weighted by Gasteiger charge is 2.39. The molecule has 1 atom stereocenters. The molecule has 7 heteroatoms. The molecule has 1 aromatic heterocycles. The van der Waals surface area contributed by atoms with Gasteiger partial charge < -0.3 is 14.5 Å². The Morgan fingerprint density at radius 1 is 1.12 bits per heavy atom. The Hall–Kier alpha value is -2.93. The second-order valence-corrected chi connectivity index (χ2v) is 9.49. The van der Waals surface area contributed by atoms with Crippen LogP contribution in [0.15, 0.2) is 48.5 Å². The SMILES string of the molecule is CCOc1ccccc1N1C[C@H](C(=O)N2CCC(c3nc4ccccc4s3)CC2)CC1=O. The molecule has 2 aromatic carbocycles. The number of piperidine rings is 1. The van der Waals surface area contributed by atoms with Crippen LogP contribution in [0.5, 0.6) is 5.75 Å². The third kappa shape index (κ3) is 3.97. The van der Waals surface area contributed by atoms with E-state index in [1.54, 1.807) is 16.2 Å². The van der Waals surface area contributed by atoms with Crippen molar-refractivity contribution in [3.8, 4) is 5.75 Å². The average molecular weight is 450 g/mol. The van der Waals surface area contributed by atoms with Gasteiger partial charge in [-0.2, -0.15) is 0 Å². The van der Waals surface area contributed by atoms with Gasteiger partial charge in [-0.3, -0.25) is 9.59 Å². The number of carbonyl (C=O) groups excluding carboxylic acids is 2. The zero-order valence-electron chi connectivity index (χ0n) is 18.2. The molecular weight excluding hydrogens is 422 g/mol. The molecule has 0 N–H and O–H groups in total. The van der Waals surface area contributed by atoms with E-state index in [2.05, 4.69) is 12.1 Å². The lowest BCUT2D eigenvalue weighted by Gasteiger charge is -2.32. The molecule has 2 aliphatic rings. The summed E-state index contributed by atoms with van der Waals surface area (Å²) in [6, 6.07) is 15.8. The van der Waals surface area contributed by atoms with Crippen molar-refractivity contribution >= 4 is 39.1 Å². The van der Waals surface area contributed by atoms with Crippen molar-refractivity contribution < 1.29 is 14.3 Å². The van der Waals surface area contributed by atoms with Gasteiger partial charge in [-0.25, -0.2) is 4.98 Å². The van der Waals surface area contributed by atoms with Gasteiger partial charge in [-0.15, -0.1) is 11.3 Å². The van der Waals surface area contributed by atoms with Crippen LogP contribution in [0, 0.1) is 5.92 Å². The molecule has 166 valence electrons. The predicted molar refractivity (Wildman–Crippen MR) is 126 cm³/mol. The summed E-state index contributed by atoms with van der Waals surface area (Å²) in [5, 5.41) is 1.17. The number of rotatable bonds is 5. The second kappa shape index (κ2) is 8.90. The van der Waals surface area contributed by atoms with Gasteiger partial charge in [0.2, 0.25) is 11.8 Å². The van der Waals surface area contributed by atoms with Crippen molar-refractivity contribution in [1.82, 2.24) is 9.88 Å². The van der Waals surface area contributed by atoms with Crippen molar-refractivity contribution in [2.24, 2.45) is 5.92 Å².